The van der Waals surface area contributed by atoms with Gasteiger partial charge in [0.1, 0.15) is 11.5 Å². The molecule has 0 unspecified atom stereocenters. The van der Waals surface area contributed by atoms with Gasteiger partial charge in [0, 0.05) is 11.1 Å². The van der Waals surface area contributed by atoms with Gasteiger partial charge in [-0.25, -0.2) is 0 Å². The van der Waals surface area contributed by atoms with Crippen molar-refractivity contribution in [3.63, 3.8) is 0 Å². The molecule has 40 heavy (non-hydrogen) atoms. The third kappa shape index (κ3) is 4.80. The molecule has 0 aromatic carbocycles. The standard InChI is InChI=1S/C37H50O3/c1-24(2)9-6-10-25(3)31-15-16-32-29-13-14-33-30(22-28-12-8-20-40-28)35(38)26(21-27-11-7-19-39-27)23-37(33,5)34(29)17-18-36(31,32)4/h7-8,11-12,19-22,24-25,29,31-34H,6,9-10,13-18,23H2,1-5H3/b26-21-,30-22-/t25-,29+,31+,32-,33+,34+,36-,37+/m1/s1. The summed E-state index contributed by atoms with van der Waals surface area (Å²) in [6, 6.07) is 7.75. The summed E-state index contributed by atoms with van der Waals surface area (Å²) in [6.45, 7) is 12.5. The van der Waals surface area contributed by atoms with Crippen molar-refractivity contribution in [1.82, 2.24) is 0 Å². The number of allylic oxidation sites excluding steroid dienone is 2. The van der Waals surface area contributed by atoms with E-state index in [0.717, 1.165) is 65.1 Å². The molecule has 0 saturated heterocycles. The van der Waals surface area contributed by atoms with E-state index in [4.69, 9.17) is 8.83 Å². The van der Waals surface area contributed by atoms with Crippen LogP contribution in [0.1, 0.15) is 110 Å². The van der Waals surface area contributed by atoms with Crippen LogP contribution >= 0.6 is 0 Å². The fourth-order valence-electron chi connectivity index (χ4n) is 10.4. The van der Waals surface area contributed by atoms with Gasteiger partial charge in [0.05, 0.1) is 12.5 Å². The minimum Gasteiger partial charge on any atom is -0.465 e. The number of ketones is 1. The lowest BCUT2D eigenvalue weighted by Crippen LogP contribution is -2.54. The average molecular weight is 543 g/mol. The Labute approximate surface area is 241 Å². The molecule has 216 valence electrons. The van der Waals surface area contributed by atoms with Gasteiger partial charge in [-0.3, -0.25) is 4.79 Å². The predicted molar refractivity (Wildman–Crippen MR) is 162 cm³/mol. The third-order valence-electron chi connectivity index (χ3n) is 12.3. The molecular formula is C37H50O3. The summed E-state index contributed by atoms with van der Waals surface area (Å²) >= 11 is 0. The molecule has 0 aliphatic heterocycles. The largest absolute Gasteiger partial charge is 0.465 e. The first-order valence-corrected chi connectivity index (χ1v) is 16.2. The van der Waals surface area contributed by atoms with Gasteiger partial charge < -0.3 is 8.83 Å². The van der Waals surface area contributed by atoms with Crippen LogP contribution in [-0.2, 0) is 4.79 Å². The van der Waals surface area contributed by atoms with Gasteiger partial charge in [-0.15, -0.1) is 0 Å². The topological polar surface area (TPSA) is 43.4 Å². The van der Waals surface area contributed by atoms with Crippen molar-refractivity contribution in [2.75, 3.05) is 0 Å². The summed E-state index contributed by atoms with van der Waals surface area (Å²) in [5.74, 6) is 6.80. The van der Waals surface area contributed by atoms with Crippen molar-refractivity contribution in [2.24, 2.45) is 52.3 Å². The molecule has 2 heterocycles. The molecule has 4 aliphatic rings. The highest BCUT2D eigenvalue weighted by atomic mass is 16.3. The second kappa shape index (κ2) is 10.8. The first kappa shape index (κ1) is 27.9. The number of hydrogen-bond acceptors (Lipinski definition) is 3. The summed E-state index contributed by atoms with van der Waals surface area (Å²) in [7, 11) is 0. The minimum atomic E-state index is 0.0793. The van der Waals surface area contributed by atoms with Crippen molar-refractivity contribution in [2.45, 2.75) is 98.8 Å². The van der Waals surface area contributed by atoms with Crippen molar-refractivity contribution < 1.29 is 13.6 Å². The van der Waals surface area contributed by atoms with E-state index in [-0.39, 0.29) is 17.1 Å². The molecule has 4 fully saturated rings. The Morgan fingerprint density at radius 3 is 2.25 bits per heavy atom. The summed E-state index contributed by atoms with van der Waals surface area (Å²) in [5.41, 5.74) is 2.42. The first-order valence-electron chi connectivity index (χ1n) is 16.2. The van der Waals surface area contributed by atoms with Crippen molar-refractivity contribution in [3.8, 4) is 0 Å². The highest BCUT2D eigenvalue weighted by Crippen LogP contribution is 2.69. The molecule has 4 saturated carbocycles. The molecule has 0 radical (unpaired) electrons. The van der Waals surface area contributed by atoms with E-state index < -0.39 is 0 Å². The zero-order valence-corrected chi connectivity index (χ0v) is 25.5. The number of furan rings is 2. The van der Waals surface area contributed by atoms with Gasteiger partial charge in [0.25, 0.3) is 0 Å². The van der Waals surface area contributed by atoms with E-state index in [2.05, 4.69) is 40.7 Å². The molecule has 2 aromatic heterocycles. The maximum absolute atomic E-state index is 14.0. The Bertz CT molecular complexity index is 1230. The monoisotopic (exact) mass is 542 g/mol. The van der Waals surface area contributed by atoms with Crippen LogP contribution in [0.5, 0.6) is 0 Å². The van der Waals surface area contributed by atoms with Crippen molar-refractivity contribution >= 4 is 17.9 Å². The van der Waals surface area contributed by atoms with Gasteiger partial charge in [-0.05, 0) is 134 Å². The second-order valence-corrected chi connectivity index (χ2v) is 14.8. The number of Topliss-reactive ketones (excluding diaryl/α,β-unsaturated/α-hetero) is 1. The van der Waals surface area contributed by atoms with Crippen LogP contribution in [0.15, 0.2) is 56.8 Å². The zero-order chi connectivity index (χ0) is 28.1. The summed E-state index contributed by atoms with van der Waals surface area (Å²) < 4.78 is 11.4. The zero-order valence-electron chi connectivity index (χ0n) is 25.5. The SMILES string of the molecule is CC(C)CCC[C@@H](C)[C@@H]1CC[C@@H]2[C@@H]3CC[C@H]4/C(=C/c5ccco5)C(=O)/C(=C\c5ccco5)C[C@]4(C)[C@H]3CC[C@@]21C. The summed E-state index contributed by atoms with van der Waals surface area (Å²) in [5, 5.41) is 0. The molecule has 0 N–H and O–H groups in total. The van der Waals surface area contributed by atoms with Crippen LogP contribution in [0.4, 0.5) is 0 Å². The molecule has 0 spiro atoms. The van der Waals surface area contributed by atoms with E-state index in [1.807, 2.05) is 30.3 Å². The van der Waals surface area contributed by atoms with Crippen LogP contribution < -0.4 is 0 Å². The van der Waals surface area contributed by atoms with E-state index in [1.165, 1.54) is 51.4 Å². The maximum atomic E-state index is 14.0. The lowest BCUT2D eigenvalue weighted by molar-refractivity contribution is -0.123. The number of carbonyl (C=O) groups is 1. The Kier molecular flexibility index (Phi) is 7.55. The lowest BCUT2D eigenvalue weighted by Gasteiger charge is -2.61. The van der Waals surface area contributed by atoms with E-state index in [9.17, 15) is 4.79 Å². The van der Waals surface area contributed by atoms with Crippen LogP contribution in [0.2, 0.25) is 0 Å². The average Bonchev–Trinajstić information content (AvgIpc) is 3.67. The number of carbonyl (C=O) groups excluding carboxylic acids is 1. The summed E-state index contributed by atoms with van der Waals surface area (Å²) in [4.78, 5) is 14.0. The van der Waals surface area contributed by atoms with Gasteiger partial charge in [0.2, 0.25) is 0 Å². The normalized spacial score (nSPS) is 38.5. The number of fused-ring (bicyclic) bond motifs is 5. The fourth-order valence-corrected chi connectivity index (χ4v) is 10.4. The number of hydrogen-bond donors (Lipinski definition) is 0. The van der Waals surface area contributed by atoms with E-state index >= 15 is 0 Å². The van der Waals surface area contributed by atoms with Gasteiger partial charge in [-0.2, -0.15) is 0 Å². The highest BCUT2D eigenvalue weighted by molar-refractivity contribution is 6.14. The molecule has 8 atom stereocenters. The Hall–Kier alpha value is -2.29. The van der Waals surface area contributed by atoms with E-state index in [0.29, 0.717) is 11.3 Å². The predicted octanol–water partition coefficient (Wildman–Crippen LogP) is 10.2. The van der Waals surface area contributed by atoms with E-state index in [1.54, 1.807) is 12.5 Å². The van der Waals surface area contributed by atoms with Gasteiger partial charge >= 0.3 is 0 Å². The van der Waals surface area contributed by atoms with Gasteiger partial charge in [0.15, 0.2) is 5.78 Å². The molecular weight excluding hydrogens is 492 g/mol. The maximum Gasteiger partial charge on any atom is 0.185 e. The number of rotatable bonds is 7. The molecule has 6 rings (SSSR count). The smallest absolute Gasteiger partial charge is 0.185 e. The second-order valence-electron chi connectivity index (χ2n) is 14.8. The van der Waals surface area contributed by atoms with Crippen molar-refractivity contribution in [3.05, 3.63) is 59.5 Å². The minimum absolute atomic E-state index is 0.0793. The lowest BCUT2D eigenvalue weighted by atomic mass is 9.43. The fraction of sp³-hybridized carbons (Fsp3) is 0.649. The van der Waals surface area contributed by atoms with Crippen LogP contribution in [0.3, 0.4) is 0 Å². The molecule has 0 amide bonds. The quantitative estimate of drug-likeness (QED) is 0.327. The van der Waals surface area contributed by atoms with Crippen molar-refractivity contribution in [1.29, 1.82) is 0 Å². The molecule has 0 bridgehead atoms. The molecule has 4 aliphatic carbocycles. The van der Waals surface area contributed by atoms with Gasteiger partial charge in [-0.1, -0.05) is 53.9 Å². The third-order valence-corrected chi connectivity index (χ3v) is 12.3. The van der Waals surface area contributed by atoms with Crippen LogP contribution in [0, 0.1) is 52.3 Å². The first-order chi connectivity index (χ1) is 19.2. The Morgan fingerprint density at radius 2 is 1.57 bits per heavy atom. The molecule has 2 aromatic rings. The van der Waals surface area contributed by atoms with Crippen LogP contribution in [0.25, 0.3) is 12.2 Å². The summed E-state index contributed by atoms with van der Waals surface area (Å²) in [6.07, 6.45) is 20.3. The Balaban J connectivity index is 1.30. The van der Waals surface area contributed by atoms with Crippen LogP contribution in [-0.4, -0.2) is 5.78 Å². The highest BCUT2D eigenvalue weighted by Gasteiger charge is 2.61. The Morgan fingerprint density at radius 1 is 0.875 bits per heavy atom. The molecule has 3 nitrogen and oxygen atoms in total. The molecule has 3 heteroatoms.